The van der Waals surface area contributed by atoms with E-state index in [1.807, 2.05) is 26.1 Å². The Morgan fingerprint density at radius 2 is 2.20 bits per heavy atom. The minimum atomic E-state index is -0.985. The summed E-state index contributed by atoms with van der Waals surface area (Å²) in [6, 6.07) is 4.72. The van der Waals surface area contributed by atoms with Crippen LogP contribution in [0.25, 0.3) is 0 Å². The molecule has 0 spiro atoms. The summed E-state index contributed by atoms with van der Waals surface area (Å²) in [6.45, 7) is 2.85. The minimum Gasteiger partial charge on any atom is -0.480 e. The number of rotatable bonds is 5. The fraction of sp³-hybridized carbons (Fsp3) is 0.467. The summed E-state index contributed by atoms with van der Waals surface area (Å²) in [5, 5.41) is 11.7. The zero-order valence-corrected chi connectivity index (χ0v) is 11.8. The van der Waals surface area contributed by atoms with Crippen molar-refractivity contribution in [2.45, 2.75) is 32.2 Å². The second-order valence-corrected chi connectivity index (χ2v) is 5.17. The molecule has 1 aromatic carbocycles. The summed E-state index contributed by atoms with van der Waals surface area (Å²) in [5.41, 5.74) is 2.81. The number of anilines is 1. The van der Waals surface area contributed by atoms with Gasteiger partial charge in [0.2, 0.25) is 0 Å². The lowest BCUT2D eigenvalue weighted by molar-refractivity contribution is -0.139. The number of carboxylic acids is 1. The summed E-state index contributed by atoms with van der Waals surface area (Å²) in [5.74, 6) is -1.30. The van der Waals surface area contributed by atoms with Crippen LogP contribution in [-0.4, -0.2) is 36.6 Å². The first-order valence-corrected chi connectivity index (χ1v) is 6.90. The van der Waals surface area contributed by atoms with Crippen LogP contribution >= 0.6 is 0 Å². The molecule has 108 valence electrons. The number of hydrogen-bond donors (Lipinski definition) is 2. The number of carboxylic acid groups (broad SMARTS) is 1. The maximum absolute atomic E-state index is 12.1. The highest BCUT2D eigenvalue weighted by molar-refractivity contribution is 5.97. The van der Waals surface area contributed by atoms with E-state index in [1.54, 1.807) is 6.07 Å². The molecule has 1 amide bonds. The van der Waals surface area contributed by atoms with Gasteiger partial charge in [-0.05, 0) is 36.6 Å². The van der Waals surface area contributed by atoms with Crippen molar-refractivity contribution in [2.75, 3.05) is 18.5 Å². The summed E-state index contributed by atoms with van der Waals surface area (Å²) < 4.78 is 0. The lowest BCUT2D eigenvalue weighted by atomic mass is 10.1. The van der Waals surface area contributed by atoms with Gasteiger partial charge in [-0.15, -0.1) is 0 Å². The van der Waals surface area contributed by atoms with Crippen LogP contribution in [0.4, 0.5) is 5.69 Å². The van der Waals surface area contributed by atoms with Crippen LogP contribution in [0.15, 0.2) is 18.2 Å². The lowest BCUT2D eigenvalue weighted by Crippen LogP contribution is -2.40. The number of benzene rings is 1. The van der Waals surface area contributed by atoms with Crippen molar-refractivity contribution < 1.29 is 14.7 Å². The average molecular weight is 276 g/mol. The van der Waals surface area contributed by atoms with Crippen LogP contribution in [-0.2, 0) is 11.2 Å². The molecule has 0 aliphatic carbocycles. The Balaban J connectivity index is 2.11. The van der Waals surface area contributed by atoms with Gasteiger partial charge >= 0.3 is 5.97 Å². The van der Waals surface area contributed by atoms with Gasteiger partial charge in [0.15, 0.2) is 0 Å². The van der Waals surface area contributed by atoms with E-state index in [0.717, 1.165) is 24.2 Å². The van der Waals surface area contributed by atoms with E-state index < -0.39 is 12.0 Å². The first-order valence-electron chi connectivity index (χ1n) is 6.90. The van der Waals surface area contributed by atoms with Crippen LogP contribution in [0.5, 0.6) is 0 Å². The van der Waals surface area contributed by atoms with Gasteiger partial charge < -0.3 is 15.3 Å². The summed E-state index contributed by atoms with van der Waals surface area (Å²) in [6.07, 6.45) is 2.07. The molecule has 5 heteroatoms. The largest absolute Gasteiger partial charge is 0.480 e. The zero-order valence-electron chi connectivity index (χ0n) is 11.8. The second-order valence-electron chi connectivity index (χ2n) is 5.17. The maximum atomic E-state index is 12.1. The predicted octanol–water partition coefficient (Wildman–Crippen LogP) is 1.66. The van der Waals surface area contributed by atoms with Gasteiger partial charge in [-0.2, -0.15) is 0 Å². The molecule has 0 radical (unpaired) electrons. The van der Waals surface area contributed by atoms with Crippen LogP contribution in [0.3, 0.4) is 0 Å². The molecule has 0 saturated carbocycles. The predicted molar refractivity (Wildman–Crippen MR) is 77.2 cm³/mol. The van der Waals surface area contributed by atoms with Crippen molar-refractivity contribution in [1.82, 2.24) is 5.32 Å². The Kier molecular flexibility index (Phi) is 4.27. The van der Waals surface area contributed by atoms with E-state index >= 15 is 0 Å². The van der Waals surface area contributed by atoms with Crippen molar-refractivity contribution in [2.24, 2.45) is 0 Å². The number of nitrogens with zero attached hydrogens (tertiary/aromatic N) is 1. The number of carbonyl (C=O) groups is 2. The van der Waals surface area contributed by atoms with E-state index in [-0.39, 0.29) is 5.91 Å². The van der Waals surface area contributed by atoms with Crippen molar-refractivity contribution in [3.8, 4) is 0 Å². The number of hydrogen-bond acceptors (Lipinski definition) is 3. The van der Waals surface area contributed by atoms with Crippen LogP contribution in [0.1, 0.15) is 35.7 Å². The molecule has 1 aromatic rings. The van der Waals surface area contributed by atoms with Crippen molar-refractivity contribution in [1.29, 1.82) is 0 Å². The first-order chi connectivity index (χ1) is 9.52. The van der Waals surface area contributed by atoms with Crippen molar-refractivity contribution in [3.63, 3.8) is 0 Å². The summed E-state index contributed by atoms with van der Waals surface area (Å²) >= 11 is 0. The van der Waals surface area contributed by atoms with Gasteiger partial charge in [-0.1, -0.05) is 13.3 Å². The Morgan fingerprint density at radius 1 is 1.45 bits per heavy atom. The molecule has 1 unspecified atom stereocenters. The molecular formula is C15H20N2O3. The van der Waals surface area contributed by atoms with Gasteiger partial charge in [0.05, 0.1) is 0 Å². The van der Waals surface area contributed by atoms with Gasteiger partial charge in [-0.3, -0.25) is 4.79 Å². The monoisotopic (exact) mass is 276 g/mol. The normalized spacial score (nSPS) is 14.8. The van der Waals surface area contributed by atoms with Crippen LogP contribution in [0.2, 0.25) is 0 Å². The standard InChI is InChI=1S/C15H20N2O3/c1-3-4-12(15(19)20)16-14(18)11-5-6-13-10(9-11)7-8-17(13)2/h5-6,9,12H,3-4,7-8H2,1-2H3,(H,16,18)(H,19,20). The molecule has 2 rings (SSSR count). The molecule has 1 atom stereocenters. The number of likely N-dealkylation sites (N-methyl/N-ethyl adjacent to an activating group) is 1. The molecule has 2 N–H and O–H groups in total. The smallest absolute Gasteiger partial charge is 0.326 e. The molecule has 5 nitrogen and oxygen atoms in total. The summed E-state index contributed by atoms with van der Waals surface area (Å²) in [7, 11) is 2.02. The highest BCUT2D eigenvalue weighted by Crippen LogP contribution is 2.27. The van der Waals surface area contributed by atoms with E-state index in [2.05, 4.69) is 10.2 Å². The molecule has 0 aromatic heterocycles. The van der Waals surface area contributed by atoms with E-state index in [9.17, 15) is 9.59 Å². The Hall–Kier alpha value is -2.04. The third kappa shape index (κ3) is 2.92. The molecule has 20 heavy (non-hydrogen) atoms. The third-order valence-electron chi connectivity index (χ3n) is 3.65. The van der Waals surface area contributed by atoms with E-state index in [0.29, 0.717) is 18.4 Å². The molecule has 1 aliphatic rings. The molecule has 0 bridgehead atoms. The first kappa shape index (κ1) is 14.4. The maximum Gasteiger partial charge on any atom is 0.326 e. The number of amides is 1. The van der Waals surface area contributed by atoms with E-state index in [4.69, 9.17) is 5.11 Å². The highest BCUT2D eigenvalue weighted by Gasteiger charge is 2.21. The lowest BCUT2D eigenvalue weighted by Gasteiger charge is -2.15. The zero-order chi connectivity index (χ0) is 14.7. The molecule has 0 fully saturated rings. The second kappa shape index (κ2) is 5.94. The molecule has 1 heterocycles. The Morgan fingerprint density at radius 3 is 2.85 bits per heavy atom. The Labute approximate surface area is 118 Å². The fourth-order valence-electron chi connectivity index (χ4n) is 2.50. The van der Waals surface area contributed by atoms with Gasteiger partial charge in [0.25, 0.3) is 5.91 Å². The molecule has 1 aliphatic heterocycles. The van der Waals surface area contributed by atoms with Crippen LogP contribution < -0.4 is 10.2 Å². The van der Waals surface area contributed by atoms with Gasteiger partial charge in [0.1, 0.15) is 6.04 Å². The van der Waals surface area contributed by atoms with Crippen molar-refractivity contribution >= 4 is 17.6 Å². The van der Waals surface area contributed by atoms with Crippen molar-refractivity contribution in [3.05, 3.63) is 29.3 Å². The van der Waals surface area contributed by atoms with E-state index in [1.165, 1.54) is 0 Å². The quantitative estimate of drug-likeness (QED) is 0.858. The fourth-order valence-corrected chi connectivity index (χ4v) is 2.50. The number of aliphatic carboxylic acids is 1. The number of nitrogens with one attached hydrogen (secondary N) is 1. The van der Waals surface area contributed by atoms with Gasteiger partial charge in [0, 0.05) is 24.8 Å². The Bertz CT molecular complexity index is 528. The minimum absolute atomic E-state index is 0.316. The summed E-state index contributed by atoms with van der Waals surface area (Å²) in [4.78, 5) is 25.3. The topological polar surface area (TPSA) is 69.6 Å². The van der Waals surface area contributed by atoms with Gasteiger partial charge in [-0.25, -0.2) is 4.79 Å². The SMILES string of the molecule is CCCC(NC(=O)c1ccc2c(c1)CCN2C)C(=O)O. The molecule has 0 saturated heterocycles. The third-order valence-corrected chi connectivity index (χ3v) is 3.65. The van der Waals surface area contributed by atoms with Crippen LogP contribution in [0, 0.1) is 0 Å². The number of carbonyl (C=O) groups excluding carboxylic acids is 1. The number of fused-ring (bicyclic) bond motifs is 1. The highest BCUT2D eigenvalue weighted by atomic mass is 16.4. The molecular weight excluding hydrogens is 256 g/mol. The average Bonchev–Trinajstić information content (AvgIpc) is 2.79.